The van der Waals surface area contributed by atoms with Gasteiger partial charge in [-0.1, -0.05) is 22.0 Å². The second-order valence-corrected chi connectivity index (χ2v) is 4.42. The van der Waals surface area contributed by atoms with Gasteiger partial charge in [0.1, 0.15) is 6.04 Å². The highest BCUT2D eigenvalue weighted by Crippen LogP contribution is 2.32. The van der Waals surface area contributed by atoms with Gasteiger partial charge in [0.2, 0.25) is 11.8 Å². The molecule has 0 aliphatic carbocycles. The van der Waals surface area contributed by atoms with Gasteiger partial charge >= 0.3 is 0 Å². The van der Waals surface area contributed by atoms with Crippen molar-refractivity contribution < 1.29 is 9.59 Å². The van der Waals surface area contributed by atoms with E-state index in [1.165, 1.54) is 0 Å². The van der Waals surface area contributed by atoms with E-state index in [4.69, 9.17) is 5.73 Å². The number of carbonyl (C=O) groups is 2. The fraction of sp³-hybridized carbons (Fsp3) is 0.200. The maximum atomic E-state index is 11.6. The van der Waals surface area contributed by atoms with Crippen molar-refractivity contribution in [3.05, 3.63) is 28.2 Å². The molecule has 0 radical (unpaired) electrons. The van der Waals surface area contributed by atoms with Crippen molar-refractivity contribution in [1.29, 1.82) is 0 Å². The summed E-state index contributed by atoms with van der Waals surface area (Å²) in [5, 5.41) is 5.53. The molecule has 2 rings (SSSR count). The van der Waals surface area contributed by atoms with Crippen molar-refractivity contribution in [2.45, 2.75) is 6.04 Å². The molecule has 16 heavy (non-hydrogen) atoms. The third-order valence-electron chi connectivity index (χ3n) is 2.33. The number of hydrogen-bond donors (Lipinski definition) is 3. The first-order valence-corrected chi connectivity index (χ1v) is 5.49. The van der Waals surface area contributed by atoms with E-state index in [1.54, 1.807) is 0 Å². The predicted molar refractivity (Wildman–Crippen MR) is 62.7 cm³/mol. The van der Waals surface area contributed by atoms with E-state index in [0.29, 0.717) is 0 Å². The summed E-state index contributed by atoms with van der Waals surface area (Å²) in [6, 6.07) is 4.99. The van der Waals surface area contributed by atoms with Crippen LogP contribution in [0.15, 0.2) is 22.7 Å². The van der Waals surface area contributed by atoms with Gasteiger partial charge in [0, 0.05) is 15.7 Å². The second-order valence-electron chi connectivity index (χ2n) is 3.50. The number of nitrogens with two attached hydrogens (primary N) is 1. The Kier molecular flexibility index (Phi) is 2.93. The number of carbonyl (C=O) groups excluding carboxylic acids is 2. The molecule has 1 aliphatic heterocycles. The van der Waals surface area contributed by atoms with Crippen LogP contribution in [0.4, 0.5) is 5.69 Å². The molecule has 0 saturated heterocycles. The summed E-state index contributed by atoms with van der Waals surface area (Å²) in [5.74, 6) is -0.660. The molecular weight excluding hydrogens is 274 g/mol. The van der Waals surface area contributed by atoms with Gasteiger partial charge in [-0.2, -0.15) is 0 Å². The molecular formula is C10H10BrN3O2. The molecule has 1 aromatic rings. The van der Waals surface area contributed by atoms with E-state index >= 15 is 0 Å². The van der Waals surface area contributed by atoms with Crippen LogP contribution in [-0.4, -0.2) is 18.4 Å². The molecule has 4 N–H and O–H groups in total. The average Bonchev–Trinajstić information content (AvgIpc) is 2.50. The van der Waals surface area contributed by atoms with Crippen molar-refractivity contribution in [1.82, 2.24) is 5.32 Å². The number of halogens is 1. The summed E-state index contributed by atoms with van der Waals surface area (Å²) in [6.07, 6.45) is 0. The van der Waals surface area contributed by atoms with Crippen LogP contribution in [0.5, 0.6) is 0 Å². The Balaban J connectivity index is 2.22. The van der Waals surface area contributed by atoms with Crippen molar-refractivity contribution in [3.8, 4) is 0 Å². The molecule has 5 nitrogen and oxygen atoms in total. The van der Waals surface area contributed by atoms with Crippen molar-refractivity contribution in [3.63, 3.8) is 0 Å². The van der Waals surface area contributed by atoms with Crippen molar-refractivity contribution in [2.24, 2.45) is 5.73 Å². The highest BCUT2D eigenvalue weighted by molar-refractivity contribution is 9.10. The molecule has 1 aliphatic rings. The standard InChI is InChI=1S/C10H10BrN3O2/c11-5-1-2-6-7(3-5)14-10(16)9(6)13-4-8(12)15/h1-3,9,13H,4H2,(H2,12,15)(H,14,16). The first-order valence-electron chi connectivity index (χ1n) is 4.70. The van der Waals surface area contributed by atoms with Gasteiger partial charge in [-0.3, -0.25) is 14.9 Å². The molecule has 0 spiro atoms. The lowest BCUT2D eigenvalue weighted by atomic mass is 10.1. The summed E-state index contributed by atoms with van der Waals surface area (Å²) in [4.78, 5) is 22.3. The van der Waals surface area contributed by atoms with Crippen LogP contribution in [0.1, 0.15) is 11.6 Å². The number of anilines is 1. The molecule has 1 heterocycles. The number of benzene rings is 1. The first-order chi connectivity index (χ1) is 7.58. The number of fused-ring (bicyclic) bond motifs is 1. The molecule has 1 aromatic carbocycles. The lowest BCUT2D eigenvalue weighted by molar-refractivity contribution is -0.119. The van der Waals surface area contributed by atoms with Crippen LogP contribution in [0.3, 0.4) is 0 Å². The van der Waals surface area contributed by atoms with Crippen LogP contribution in [0, 0.1) is 0 Å². The van der Waals surface area contributed by atoms with Gasteiger partial charge in [0.15, 0.2) is 0 Å². The number of amides is 2. The second kappa shape index (κ2) is 4.23. The smallest absolute Gasteiger partial charge is 0.246 e. The van der Waals surface area contributed by atoms with Crippen LogP contribution in [0.25, 0.3) is 0 Å². The molecule has 0 bridgehead atoms. The lowest BCUT2D eigenvalue weighted by Crippen LogP contribution is -2.34. The molecule has 1 unspecified atom stereocenters. The molecule has 2 amide bonds. The van der Waals surface area contributed by atoms with Gasteiger partial charge in [-0.15, -0.1) is 0 Å². The number of rotatable bonds is 3. The van der Waals surface area contributed by atoms with E-state index in [-0.39, 0.29) is 12.5 Å². The van der Waals surface area contributed by atoms with Crippen LogP contribution in [-0.2, 0) is 9.59 Å². The van der Waals surface area contributed by atoms with Crippen molar-refractivity contribution in [2.75, 3.05) is 11.9 Å². The molecule has 0 fully saturated rings. The summed E-state index contributed by atoms with van der Waals surface area (Å²) >= 11 is 3.32. The number of hydrogen-bond acceptors (Lipinski definition) is 3. The van der Waals surface area contributed by atoms with E-state index in [1.807, 2.05) is 18.2 Å². The Morgan fingerprint density at radius 1 is 1.56 bits per heavy atom. The molecule has 0 aromatic heterocycles. The lowest BCUT2D eigenvalue weighted by Gasteiger charge is -2.09. The summed E-state index contributed by atoms with van der Waals surface area (Å²) in [7, 11) is 0. The third kappa shape index (κ3) is 2.07. The highest BCUT2D eigenvalue weighted by atomic mass is 79.9. The molecule has 0 saturated carbocycles. The van der Waals surface area contributed by atoms with Crippen LogP contribution >= 0.6 is 15.9 Å². The van der Waals surface area contributed by atoms with Gasteiger partial charge in [0.25, 0.3) is 0 Å². The number of primary amides is 1. The number of nitrogens with one attached hydrogen (secondary N) is 2. The zero-order chi connectivity index (χ0) is 11.7. The Morgan fingerprint density at radius 2 is 2.31 bits per heavy atom. The molecule has 84 valence electrons. The SMILES string of the molecule is NC(=O)CNC1C(=O)Nc2cc(Br)ccc21. The van der Waals surface area contributed by atoms with E-state index in [9.17, 15) is 9.59 Å². The van der Waals surface area contributed by atoms with Gasteiger partial charge in [0.05, 0.1) is 6.54 Å². The quantitative estimate of drug-likeness (QED) is 0.756. The zero-order valence-corrected chi connectivity index (χ0v) is 9.87. The Morgan fingerprint density at radius 3 is 3.00 bits per heavy atom. The Bertz CT molecular complexity index is 461. The minimum atomic E-state index is -0.504. The van der Waals surface area contributed by atoms with Crippen LogP contribution < -0.4 is 16.4 Å². The fourth-order valence-electron chi connectivity index (χ4n) is 1.64. The van der Waals surface area contributed by atoms with E-state index in [0.717, 1.165) is 15.7 Å². The highest BCUT2D eigenvalue weighted by Gasteiger charge is 2.30. The maximum absolute atomic E-state index is 11.6. The maximum Gasteiger partial charge on any atom is 0.246 e. The van der Waals surface area contributed by atoms with E-state index in [2.05, 4.69) is 26.6 Å². The first kappa shape index (κ1) is 11.1. The predicted octanol–water partition coefficient (Wildman–Crippen LogP) is 0.517. The third-order valence-corrected chi connectivity index (χ3v) is 2.82. The average molecular weight is 284 g/mol. The topological polar surface area (TPSA) is 84.2 Å². The molecule has 1 atom stereocenters. The summed E-state index contributed by atoms with van der Waals surface area (Å²) < 4.78 is 0.891. The molecule has 6 heteroatoms. The minimum absolute atomic E-state index is 0.0202. The zero-order valence-electron chi connectivity index (χ0n) is 8.29. The normalized spacial score (nSPS) is 18.1. The minimum Gasteiger partial charge on any atom is -0.369 e. The monoisotopic (exact) mass is 283 g/mol. The largest absolute Gasteiger partial charge is 0.369 e. The van der Waals surface area contributed by atoms with Crippen LogP contribution in [0.2, 0.25) is 0 Å². The summed E-state index contributed by atoms with van der Waals surface area (Å²) in [5.41, 5.74) is 6.60. The summed E-state index contributed by atoms with van der Waals surface area (Å²) in [6.45, 7) is -0.0202. The van der Waals surface area contributed by atoms with Gasteiger partial charge in [-0.05, 0) is 12.1 Å². The Hall–Kier alpha value is -1.40. The van der Waals surface area contributed by atoms with Crippen molar-refractivity contribution >= 4 is 33.4 Å². The fourth-order valence-corrected chi connectivity index (χ4v) is 2.00. The Labute approximate surface area is 101 Å². The van der Waals surface area contributed by atoms with E-state index < -0.39 is 11.9 Å². The van der Waals surface area contributed by atoms with Gasteiger partial charge < -0.3 is 11.1 Å². The van der Waals surface area contributed by atoms with Gasteiger partial charge in [-0.25, -0.2) is 0 Å².